The second kappa shape index (κ2) is 15.0. The molecule has 232 valence electrons. The Labute approximate surface area is 240 Å². The summed E-state index contributed by atoms with van der Waals surface area (Å²) in [5.74, 6) is -3.83. The van der Waals surface area contributed by atoms with Gasteiger partial charge in [0.1, 0.15) is 43.7 Å². The second-order valence-corrected chi connectivity index (χ2v) is 9.56. The molecule has 2 N–H and O–H groups in total. The maximum Gasteiger partial charge on any atom is 0.338 e. The zero-order valence-electron chi connectivity index (χ0n) is 23.4. The summed E-state index contributed by atoms with van der Waals surface area (Å²) in [6.45, 7) is 3.43. The smallest absolute Gasteiger partial charge is 0.338 e. The maximum atomic E-state index is 12.5. The van der Waals surface area contributed by atoms with Gasteiger partial charge >= 0.3 is 29.8 Å². The first-order valence-corrected chi connectivity index (χ1v) is 13.0. The predicted molar refractivity (Wildman–Crippen MR) is 135 cm³/mol. The molecule has 2 aliphatic heterocycles. The zero-order chi connectivity index (χ0) is 31.0. The van der Waals surface area contributed by atoms with Gasteiger partial charge in [-0.25, -0.2) is 4.79 Å². The van der Waals surface area contributed by atoms with Crippen molar-refractivity contribution in [2.24, 2.45) is 0 Å². The van der Waals surface area contributed by atoms with Crippen LogP contribution in [0, 0.1) is 0 Å². The van der Waals surface area contributed by atoms with Crippen LogP contribution < -0.4 is 0 Å². The van der Waals surface area contributed by atoms with Crippen LogP contribution in [0.2, 0.25) is 0 Å². The number of aliphatic hydroxyl groups is 2. The number of hydrogen-bond acceptors (Lipinski definition) is 15. The van der Waals surface area contributed by atoms with Crippen LogP contribution in [0.15, 0.2) is 30.3 Å². The van der Waals surface area contributed by atoms with Gasteiger partial charge in [-0.3, -0.25) is 19.2 Å². The average molecular weight is 599 g/mol. The van der Waals surface area contributed by atoms with E-state index in [1.165, 1.54) is 12.1 Å². The van der Waals surface area contributed by atoms with Crippen molar-refractivity contribution in [3.05, 3.63) is 35.9 Å². The number of hydrogen-bond donors (Lipinski definition) is 2. The van der Waals surface area contributed by atoms with Gasteiger partial charge in [-0.05, 0) is 12.1 Å². The Morgan fingerprint density at radius 1 is 0.738 bits per heavy atom. The normalized spacial score (nSPS) is 30.9. The van der Waals surface area contributed by atoms with Crippen molar-refractivity contribution >= 4 is 29.8 Å². The van der Waals surface area contributed by atoms with Gasteiger partial charge in [0.25, 0.3) is 0 Å². The highest BCUT2D eigenvalue weighted by molar-refractivity contribution is 5.89. The van der Waals surface area contributed by atoms with Gasteiger partial charge in [0.2, 0.25) is 0 Å². The van der Waals surface area contributed by atoms with E-state index in [0.717, 1.165) is 27.7 Å². The first-order chi connectivity index (χ1) is 19.8. The molecule has 1 unspecified atom stereocenters. The molecule has 0 spiro atoms. The molecule has 2 fully saturated rings. The topological polar surface area (TPSA) is 200 Å². The largest absolute Gasteiger partial charge is 0.463 e. The molecule has 0 bridgehead atoms. The van der Waals surface area contributed by atoms with Gasteiger partial charge < -0.3 is 48.1 Å². The van der Waals surface area contributed by atoms with E-state index in [2.05, 4.69) is 0 Å². The summed E-state index contributed by atoms with van der Waals surface area (Å²) in [5, 5.41) is 21.3. The molecular formula is C27H34O15. The summed E-state index contributed by atoms with van der Waals surface area (Å²) in [4.78, 5) is 59.9. The fourth-order valence-electron chi connectivity index (χ4n) is 4.50. The van der Waals surface area contributed by atoms with Crippen LogP contribution in [0.1, 0.15) is 44.5 Å². The van der Waals surface area contributed by atoms with Crippen molar-refractivity contribution in [3.8, 4) is 0 Å². The van der Waals surface area contributed by atoms with Gasteiger partial charge in [-0.15, -0.1) is 0 Å². The van der Waals surface area contributed by atoms with Crippen molar-refractivity contribution in [1.29, 1.82) is 0 Å². The van der Waals surface area contributed by atoms with Gasteiger partial charge in [0.15, 0.2) is 24.8 Å². The number of benzene rings is 1. The Balaban J connectivity index is 1.93. The molecular weight excluding hydrogens is 564 g/mol. The van der Waals surface area contributed by atoms with E-state index in [4.69, 9.17) is 37.9 Å². The van der Waals surface area contributed by atoms with Crippen LogP contribution >= 0.6 is 0 Å². The molecule has 0 saturated carbocycles. The summed E-state index contributed by atoms with van der Waals surface area (Å²) in [6, 6.07) is 7.99. The first-order valence-electron chi connectivity index (χ1n) is 13.0. The van der Waals surface area contributed by atoms with Crippen LogP contribution in [-0.2, 0) is 57.1 Å². The lowest BCUT2D eigenvalue weighted by atomic mass is 9.97. The molecule has 0 aromatic heterocycles. The molecule has 0 radical (unpaired) electrons. The van der Waals surface area contributed by atoms with Crippen molar-refractivity contribution in [2.45, 2.75) is 89.4 Å². The van der Waals surface area contributed by atoms with Gasteiger partial charge in [-0.1, -0.05) is 18.2 Å². The summed E-state index contributed by atoms with van der Waals surface area (Å²) < 4.78 is 43.7. The van der Waals surface area contributed by atoms with E-state index in [0.29, 0.717) is 0 Å². The molecule has 9 atom stereocenters. The SMILES string of the molecule is CC(=O)OC[C@H]1OC(O)C[C@@H](OC(C)=O)[C@@H]1O[C@H]1O[C@H](COC(=O)c2ccccc2)[C@@H](O)[C@H](OC(C)=O)[C@H]1OC(C)=O. The van der Waals surface area contributed by atoms with Gasteiger partial charge in [0.05, 0.1) is 5.56 Å². The van der Waals surface area contributed by atoms with Crippen LogP contribution in [0.3, 0.4) is 0 Å². The minimum Gasteiger partial charge on any atom is -0.463 e. The third-order valence-corrected chi connectivity index (χ3v) is 6.17. The standard InChI is InChI=1S/C27H34O15/c1-13(28)35-12-20-23(18(37-14(2)29)10-21(32)40-20)42-27-25(39-16(4)31)24(38-15(3)30)22(33)19(41-27)11-36-26(34)17-8-6-5-7-9-17/h5-9,18-25,27,32-33H,10-12H2,1-4H3/t18-,19-,20-,21?,22-,23+,24+,25-,27-/m1/s1. The molecule has 42 heavy (non-hydrogen) atoms. The number of carbonyl (C=O) groups excluding carboxylic acids is 5. The highest BCUT2D eigenvalue weighted by Crippen LogP contribution is 2.32. The summed E-state index contributed by atoms with van der Waals surface area (Å²) in [5.41, 5.74) is 0.223. The second-order valence-electron chi connectivity index (χ2n) is 9.56. The monoisotopic (exact) mass is 598 g/mol. The summed E-state index contributed by atoms with van der Waals surface area (Å²) in [7, 11) is 0. The fraction of sp³-hybridized carbons (Fsp3) is 0.593. The molecule has 1 aromatic rings. The number of carbonyl (C=O) groups is 5. The van der Waals surface area contributed by atoms with Gasteiger partial charge in [-0.2, -0.15) is 0 Å². The maximum absolute atomic E-state index is 12.5. The van der Waals surface area contributed by atoms with Crippen LogP contribution in [0.5, 0.6) is 0 Å². The van der Waals surface area contributed by atoms with E-state index < -0.39 is 98.4 Å². The lowest BCUT2D eigenvalue weighted by molar-refractivity contribution is -0.343. The first kappa shape index (κ1) is 32.9. The lowest BCUT2D eigenvalue weighted by Gasteiger charge is -2.46. The van der Waals surface area contributed by atoms with Crippen LogP contribution in [-0.4, -0.2) is 109 Å². The highest BCUT2D eigenvalue weighted by atomic mass is 16.7. The zero-order valence-corrected chi connectivity index (χ0v) is 23.4. The lowest BCUT2D eigenvalue weighted by Crippen LogP contribution is -2.64. The Bertz CT molecular complexity index is 1110. The average Bonchev–Trinajstić information content (AvgIpc) is 2.91. The Hall–Kier alpha value is -3.63. The number of aliphatic hydroxyl groups excluding tert-OH is 2. The van der Waals surface area contributed by atoms with Crippen molar-refractivity contribution in [2.75, 3.05) is 13.2 Å². The van der Waals surface area contributed by atoms with E-state index in [9.17, 15) is 34.2 Å². The molecule has 0 amide bonds. The van der Waals surface area contributed by atoms with Crippen molar-refractivity contribution in [1.82, 2.24) is 0 Å². The minimum absolute atomic E-state index is 0.223. The minimum atomic E-state index is -1.66. The number of esters is 5. The third kappa shape index (κ3) is 9.19. The molecule has 0 aliphatic carbocycles. The molecule has 15 heteroatoms. The summed E-state index contributed by atoms with van der Waals surface area (Å²) >= 11 is 0. The Morgan fingerprint density at radius 2 is 1.33 bits per heavy atom. The van der Waals surface area contributed by atoms with Crippen LogP contribution in [0.4, 0.5) is 0 Å². The molecule has 2 aliphatic rings. The highest BCUT2D eigenvalue weighted by Gasteiger charge is 2.53. The van der Waals surface area contributed by atoms with E-state index in [-0.39, 0.29) is 12.0 Å². The number of ether oxygens (including phenoxy) is 8. The third-order valence-electron chi connectivity index (χ3n) is 6.17. The Morgan fingerprint density at radius 3 is 1.93 bits per heavy atom. The quantitative estimate of drug-likeness (QED) is 0.264. The van der Waals surface area contributed by atoms with Crippen molar-refractivity contribution in [3.63, 3.8) is 0 Å². The van der Waals surface area contributed by atoms with E-state index in [1.54, 1.807) is 18.2 Å². The molecule has 3 rings (SSSR count). The fourth-order valence-corrected chi connectivity index (χ4v) is 4.50. The molecule has 2 heterocycles. The van der Waals surface area contributed by atoms with E-state index in [1.807, 2.05) is 0 Å². The number of rotatable bonds is 10. The van der Waals surface area contributed by atoms with E-state index >= 15 is 0 Å². The predicted octanol–water partition coefficient (Wildman–Crippen LogP) is -0.220. The molecule has 2 saturated heterocycles. The van der Waals surface area contributed by atoms with Crippen molar-refractivity contribution < 1.29 is 72.1 Å². The Kier molecular flexibility index (Phi) is 11.8. The van der Waals surface area contributed by atoms with Gasteiger partial charge in [0, 0.05) is 34.1 Å². The summed E-state index contributed by atoms with van der Waals surface area (Å²) in [6.07, 6.45) is -13.1. The molecule has 1 aromatic carbocycles. The molecule has 15 nitrogen and oxygen atoms in total. The van der Waals surface area contributed by atoms with Crippen LogP contribution in [0.25, 0.3) is 0 Å².